The quantitative estimate of drug-likeness (QED) is 0.676. The van der Waals surface area contributed by atoms with E-state index in [1.807, 2.05) is 24.4 Å². The zero-order valence-electron chi connectivity index (χ0n) is 10.9. The summed E-state index contributed by atoms with van der Waals surface area (Å²) in [5, 5.41) is 1.11. The van der Waals surface area contributed by atoms with Crippen LogP contribution < -0.4 is 9.64 Å². The number of pyridine rings is 2. The van der Waals surface area contributed by atoms with Crippen LogP contribution in [0.5, 0.6) is 5.75 Å². The summed E-state index contributed by atoms with van der Waals surface area (Å²) in [5.41, 5.74) is 3.17. The Bertz CT molecular complexity index is 758. The van der Waals surface area contributed by atoms with Crippen LogP contribution in [0.4, 0.5) is 5.69 Å². The van der Waals surface area contributed by atoms with Crippen molar-refractivity contribution in [2.75, 3.05) is 11.6 Å². The molecule has 0 radical (unpaired) electrons. The minimum Gasteiger partial charge on any atom is -0.470 e. The number of hydrogen-bond acceptors (Lipinski definition) is 4. The Kier molecular flexibility index (Phi) is 2.52. The Hall–Kier alpha value is -2.62. The first kappa shape index (κ1) is 11.2. The van der Waals surface area contributed by atoms with Crippen molar-refractivity contribution < 1.29 is 4.74 Å². The second-order valence-electron chi connectivity index (χ2n) is 4.81. The molecule has 0 N–H and O–H groups in total. The number of fused-ring (bicyclic) bond motifs is 3. The molecule has 0 bridgehead atoms. The molecule has 4 nitrogen and oxygen atoms in total. The summed E-state index contributed by atoms with van der Waals surface area (Å²) in [6.45, 7) is 1.34. The predicted molar refractivity (Wildman–Crippen MR) is 77.7 cm³/mol. The van der Waals surface area contributed by atoms with Gasteiger partial charge in [-0.1, -0.05) is 18.2 Å². The van der Waals surface area contributed by atoms with Gasteiger partial charge in [0.2, 0.25) is 0 Å². The van der Waals surface area contributed by atoms with Crippen molar-refractivity contribution in [2.45, 2.75) is 6.54 Å². The van der Waals surface area contributed by atoms with Crippen LogP contribution in [0, 0.1) is 0 Å². The van der Waals surface area contributed by atoms with E-state index in [1.54, 1.807) is 12.4 Å². The summed E-state index contributed by atoms with van der Waals surface area (Å²) in [5.74, 6) is 0.906. The van der Waals surface area contributed by atoms with Crippen LogP contribution in [0.2, 0.25) is 0 Å². The Labute approximate surface area is 116 Å². The summed E-state index contributed by atoms with van der Waals surface area (Å²) in [7, 11) is 0. The highest BCUT2D eigenvalue weighted by molar-refractivity contribution is 5.86. The maximum absolute atomic E-state index is 5.94. The number of nitrogens with zero attached hydrogens (tertiary/aromatic N) is 3. The van der Waals surface area contributed by atoms with Gasteiger partial charge in [-0.3, -0.25) is 9.97 Å². The summed E-state index contributed by atoms with van der Waals surface area (Å²) in [6, 6.07) is 12.2. The first-order valence-corrected chi connectivity index (χ1v) is 6.56. The van der Waals surface area contributed by atoms with E-state index in [2.05, 4.69) is 33.1 Å². The molecule has 0 fully saturated rings. The topological polar surface area (TPSA) is 38.2 Å². The van der Waals surface area contributed by atoms with Crippen LogP contribution in [0.1, 0.15) is 5.56 Å². The van der Waals surface area contributed by atoms with Gasteiger partial charge in [-0.25, -0.2) is 0 Å². The maximum atomic E-state index is 5.94. The van der Waals surface area contributed by atoms with Gasteiger partial charge >= 0.3 is 0 Å². The van der Waals surface area contributed by atoms with Gasteiger partial charge in [0.05, 0.1) is 11.9 Å². The van der Waals surface area contributed by atoms with Crippen LogP contribution >= 0.6 is 0 Å². The molecule has 0 unspecified atom stereocenters. The standard InChI is InChI=1S/C16H13N3O/c1-3-12-5-6-13-10-19(14-4-2-7-17-9-14)11-20-16(13)15(12)18-8-1/h1-9H,10-11H2. The lowest BCUT2D eigenvalue weighted by Crippen LogP contribution is -2.32. The molecule has 20 heavy (non-hydrogen) atoms. The van der Waals surface area contributed by atoms with E-state index in [0.29, 0.717) is 6.73 Å². The van der Waals surface area contributed by atoms with E-state index in [9.17, 15) is 0 Å². The molecule has 3 heterocycles. The summed E-state index contributed by atoms with van der Waals surface area (Å²) in [4.78, 5) is 10.7. The lowest BCUT2D eigenvalue weighted by atomic mass is 10.1. The minimum absolute atomic E-state index is 0.522. The molecule has 3 aromatic rings. The van der Waals surface area contributed by atoms with E-state index in [4.69, 9.17) is 4.74 Å². The maximum Gasteiger partial charge on any atom is 0.161 e. The molecule has 0 aliphatic carbocycles. The average molecular weight is 263 g/mol. The average Bonchev–Trinajstić information content (AvgIpc) is 2.55. The number of ether oxygens (including phenoxy) is 1. The summed E-state index contributed by atoms with van der Waals surface area (Å²) < 4.78 is 5.94. The number of aromatic nitrogens is 2. The Balaban J connectivity index is 1.75. The molecule has 98 valence electrons. The fourth-order valence-electron chi connectivity index (χ4n) is 2.55. The Morgan fingerprint density at radius 1 is 1.05 bits per heavy atom. The third-order valence-corrected chi connectivity index (χ3v) is 3.55. The fourth-order valence-corrected chi connectivity index (χ4v) is 2.55. The van der Waals surface area contributed by atoms with E-state index in [1.165, 1.54) is 0 Å². The van der Waals surface area contributed by atoms with Crippen LogP contribution in [0.25, 0.3) is 10.9 Å². The molecular formula is C16H13N3O. The predicted octanol–water partition coefficient (Wildman–Crippen LogP) is 2.99. The lowest BCUT2D eigenvalue weighted by molar-refractivity contribution is 0.292. The summed E-state index contributed by atoms with van der Waals surface area (Å²) >= 11 is 0. The van der Waals surface area contributed by atoms with E-state index in [-0.39, 0.29) is 0 Å². The highest BCUT2D eigenvalue weighted by atomic mass is 16.5. The third kappa shape index (κ3) is 1.77. The SMILES string of the molecule is c1cncc(N2COc3c(ccc4cccnc34)C2)c1. The third-order valence-electron chi connectivity index (χ3n) is 3.55. The van der Waals surface area contributed by atoms with Crippen molar-refractivity contribution in [1.29, 1.82) is 0 Å². The number of benzene rings is 1. The van der Waals surface area contributed by atoms with Gasteiger partial charge in [-0.05, 0) is 18.2 Å². The zero-order chi connectivity index (χ0) is 13.4. The fraction of sp³-hybridized carbons (Fsp3) is 0.125. The normalized spacial score (nSPS) is 13.9. The molecule has 4 rings (SSSR count). The molecule has 4 heteroatoms. The second kappa shape index (κ2) is 4.49. The monoisotopic (exact) mass is 263 g/mol. The van der Waals surface area contributed by atoms with Gasteiger partial charge in [0.15, 0.2) is 12.5 Å². The van der Waals surface area contributed by atoms with Gasteiger partial charge in [0.1, 0.15) is 5.52 Å². The van der Waals surface area contributed by atoms with Crippen LogP contribution in [0.15, 0.2) is 55.0 Å². The van der Waals surface area contributed by atoms with Gasteiger partial charge in [0, 0.05) is 29.9 Å². The van der Waals surface area contributed by atoms with Crippen molar-refractivity contribution in [3.05, 3.63) is 60.6 Å². The van der Waals surface area contributed by atoms with Gasteiger partial charge in [-0.2, -0.15) is 0 Å². The molecule has 1 aliphatic heterocycles. The zero-order valence-corrected chi connectivity index (χ0v) is 10.9. The second-order valence-corrected chi connectivity index (χ2v) is 4.81. The minimum atomic E-state index is 0.522. The molecule has 0 amide bonds. The molecule has 0 atom stereocenters. The highest BCUT2D eigenvalue weighted by Crippen LogP contribution is 2.33. The Morgan fingerprint density at radius 3 is 2.90 bits per heavy atom. The van der Waals surface area contributed by atoms with Crippen LogP contribution in [-0.2, 0) is 6.54 Å². The summed E-state index contributed by atoms with van der Waals surface area (Å²) in [6.07, 6.45) is 5.44. The van der Waals surface area contributed by atoms with Crippen LogP contribution in [-0.4, -0.2) is 16.7 Å². The molecule has 0 spiro atoms. The van der Waals surface area contributed by atoms with Gasteiger partial charge < -0.3 is 9.64 Å². The van der Waals surface area contributed by atoms with E-state index < -0.39 is 0 Å². The van der Waals surface area contributed by atoms with Gasteiger partial charge in [0.25, 0.3) is 0 Å². The Morgan fingerprint density at radius 2 is 2.00 bits per heavy atom. The molecule has 2 aromatic heterocycles. The number of anilines is 1. The molecule has 1 aromatic carbocycles. The molecule has 0 saturated carbocycles. The van der Waals surface area contributed by atoms with E-state index in [0.717, 1.165) is 34.4 Å². The molecule has 1 aliphatic rings. The van der Waals surface area contributed by atoms with Crippen LogP contribution in [0.3, 0.4) is 0 Å². The highest BCUT2D eigenvalue weighted by Gasteiger charge is 2.20. The first-order valence-electron chi connectivity index (χ1n) is 6.56. The smallest absolute Gasteiger partial charge is 0.161 e. The number of rotatable bonds is 1. The molecular weight excluding hydrogens is 250 g/mol. The largest absolute Gasteiger partial charge is 0.470 e. The van der Waals surface area contributed by atoms with Gasteiger partial charge in [-0.15, -0.1) is 0 Å². The van der Waals surface area contributed by atoms with Crippen molar-refractivity contribution >= 4 is 16.6 Å². The first-order chi connectivity index (χ1) is 9.92. The van der Waals surface area contributed by atoms with Crippen molar-refractivity contribution in [2.24, 2.45) is 0 Å². The van der Waals surface area contributed by atoms with Crippen molar-refractivity contribution in [3.8, 4) is 5.75 Å². The molecule has 0 saturated heterocycles. The lowest BCUT2D eigenvalue weighted by Gasteiger charge is -2.30. The van der Waals surface area contributed by atoms with Crippen molar-refractivity contribution in [3.63, 3.8) is 0 Å². The van der Waals surface area contributed by atoms with Crippen molar-refractivity contribution in [1.82, 2.24) is 9.97 Å². The number of hydrogen-bond donors (Lipinski definition) is 0. The van der Waals surface area contributed by atoms with E-state index >= 15 is 0 Å².